The van der Waals surface area contributed by atoms with Gasteiger partial charge in [-0.05, 0) is 36.2 Å². The highest BCUT2D eigenvalue weighted by Gasteiger charge is 2.04. The maximum atomic E-state index is 13.6. The zero-order chi connectivity index (χ0) is 16.9. The van der Waals surface area contributed by atoms with Crippen molar-refractivity contribution < 1.29 is 8.78 Å². The molecular weight excluding hydrogens is 308 g/mol. The molecule has 3 aromatic rings. The summed E-state index contributed by atoms with van der Waals surface area (Å²) in [5, 5.41) is 3.16. The van der Waals surface area contributed by atoms with Crippen LogP contribution < -0.4 is 5.32 Å². The lowest BCUT2D eigenvalue weighted by molar-refractivity contribution is 0.568. The van der Waals surface area contributed by atoms with Crippen LogP contribution in [0.5, 0.6) is 0 Å². The second-order valence-electron chi connectivity index (χ2n) is 5.76. The van der Waals surface area contributed by atoms with Gasteiger partial charge < -0.3 is 9.88 Å². The van der Waals surface area contributed by atoms with E-state index in [-0.39, 0.29) is 6.54 Å². The molecule has 0 radical (unpaired) electrons. The number of imidazole rings is 1. The SMILES string of the molecule is Cc1nccn1Cc1cccc(CNCc2cc(F)ccc2F)c1. The lowest BCUT2D eigenvalue weighted by Gasteiger charge is -2.09. The molecule has 1 heterocycles. The standard InChI is InChI=1S/C19H19F2N3/c1-14-23-7-8-24(14)13-16-4-2-3-15(9-16)11-22-12-17-10-18(20)5-6-19(17)21/h2-10,22H,11-13H2,1H3. The Balaban J connectivity index is 1.60. The van der Waals surface area contributed by atoms with Crippen LogP contribution in [0.3, 0.4) is 0 Å². The first-order chi connectivity index (χ1) is 11.6. The molecule has 0 aliphatic heterocycles. The average Bonchev–Trinajstić information content (AvgIpc) is 2.96. The smallest absolute Gasteiger partial charge is 0.127 e. The maximum Gasteiger partial charge on any atom is 0.127 e. The van der Waals surface area contributed by atoms with Crippen molar-refractivity contribution >= 4 is 0 Å². The van der Waals surface area contributed by atoms with E-state index in [9.17, 15) is 8.78 Å². The molecule has 24 heavy (non-hydrogen) atoms. The van der Waals surface area contributed by atoms with Crippen LogP contribution in [0.15, 0.2) is 54.9 Å². The molecule has 124 valence electrons. The molecule has 0 amide bonds. The molecule has 1 N–H and O–H groups in total. The summed E-state index contributed by atoms with van der Waals surface area (Å²) in [5.41, 5.74) is 2.61. The minimum atomic E-state index is -0.425. The number of aryl methyl sites for hydroxylation is 1. The Morgan fingerprint density at radius 1 is 1.04 bits per heavy atom. The molecule has 0 aliphatic rings. The quantitative estimate of drug-likeness (QED) is 0.746. The first-order valence-electron chi connectivity index (χ1n) is 7.82. The summed E-state index contributed by atoms with van der Waals surface area (Å²) in [4.78, 5) is 4.22. The fraction of sp³-hybridized carbons (Fsp3) is 0.211. The summed E-state index contributed by atoms with van der Waals surface area (Å²) in [6.07, 6.45) is 3.74. The van der Waals surface area contributed by atoms with Crippen molar-refractivity contribution in [2.45, 2.75) is 26.6 Å². The van der Waals surface area contributed by atoms with E-state index in [1.54, 1.807) is 6.20 Å². The first-order valence-corrected chi connectivity index (χ1v) is 7.82. The van der Waals surface area contributed by atoms with Gasteiger partial charge in [0, 0.05) is 37.6 Å². The minimum Gasteiger partial charge on any atom is -0.331 e. The lowest BCUT2D eigenvalue weighted by Crippen LogP contribution is -2.14. The normalized spacial score (nSPS) is 11.0. The second kappa shape index (κ2) is 7.36. The molecule has 2 aromatic carbocycles. The highest BCUT2D eigenvalue weighted by Crippen LogP contribution is 2.11. The summed E-state index contributed by atoms with van der Waals surface area (Å²) >= 11 is 0. The number of nitrogens with zero attached hydrogens (tertiary/aromatic N) is 2. The van der Waals surface area contributed by atoms with Crippen LogP contribution in [0.4, 0.5) is 8.78 Å². The molecule has 0 aliphatic carbocycles. The number of benzene rings is 2. The van der Waals surface area contributed by atoms with E-state index in [2.05, 4.69) is 27.0 Å². The molecule has 3 nitrogen and oxygen atoms in total. The van der Waals surface area contributed by atoms with Gasteiger partial charge in [-0.15, -0.1) is 0 Å². The Hall–Kier alpha value is -2.53. The number of halogens is 2. The molecule has 0 saturated heterocycles. The summed E-state index contributed by atoms with van der Waals surface area (Å²) in [6, 6.07) is 11.7. The van der Waals surface area contributed by atoms with E-state index in [0.717, 1.165) is 30.1 Å². The minimum absolute atomic E-state index is 0.286. The molecule has 5 heteroatoms. The van der Waals surface area contributed by atoms with Gasteiger partial charge in [-0.25, -0.2) is 13.8 Å². The van der Waals surface area contributed by atoms with Crippen LogP contribution in [-0.2, 0) is 19.6 Å². The molecular formula is C19H19F2N3. The number of rotatable bonds is 6. The van der Waals surface area contributed by atoms with Gasteiger partial charge in [0.25, 0.3) is 0 Å². The van der Waals surface area contributed by atoms with Crippen molar-refractivity contribution in [3.05, 3.63) is 89.0 Å². The van der Waals surface area contributed by atoms with Crippen molar-refractivity contribution in [1.29, 1.82) is 0 Å². The van der Waals surface area contributed by atoms with Gasteiger partial charge in [-0.2, -0.15) is 0 Å². The van der Waals surface area contributed by atoms with E-state index in [4.69, 9.17) is 0 Å². The highest BCUT2D eigenvalue weighted by atomic mass is 19.1. The molecule has 0 saturated carbocycles. The molecule has 1 aromatic heterocycles. The Labute approximate surface area is 140 Å². The van der Waals surface area contributed by atoms with Crippen LogP contribution in [0.2, 0.25) is 0 Å². The van der Waals surface area contributed by atoms with Crippen molar-refractivity contribution in [3.8, 4) is 0 Å². The predicted molar refractivity (Wildman–Crippen MR) is 89.4 cm³/mol. The maximum absolute atomic E-state index is 13.6. The van der Waals surface area contributed by atoms with E-state index in [0.29, 0.717) is 12.1 Å². The fourth-order valence-electron chi connectivity index (χ4n) is 2.63. The Kier molecular flexibility index (Phi) is 5.01. The summed E-state index contributed by atoms with van der Waals surface area (Å²) in [6.45, 7) is 3.61. The van der Waals surface area contributed by atoms with Crippen molar-refractivity contribution in [2.24, 2.45) is 0 Å². The molecule has 0 unspecified atom stereocenters. The third-order valence-electron chi connectivity index (χ3n) is 3.92. The van der Waals surface area contributed by atoms with Gasteiger partial charge in [0.15, 0.2) is 0 Å². The van der Waals surface area contributed by atoms with E-state index in [1.807, 2.05) is 25.3 Å². The number of hydrogen-bond acceptors (Lipinski definition) is 2. The molecule has 3 rings (SSSR count). The average molecular weight is 327 g/mol. The monoisotopic (exact) mass is 327 g/mol. The molecule has 0 spiro atoms. The second-order valence-corrected chi connectivity index (χ2v) is 5.76. The molecule has 0 fully saturated rings. The van der Waals surface area contributed by atoms with Gasteiger partial charge in [0.05, 0.1) is 0 Å². The van der Waals surface area contributed by atoms with Crippen LogP contribution in [0, 0.1) is 18.6 Å². The lowest BCUT2D eigenvalue weighted by atomic mass is 10.1. The van der Waals surface area contributed by atoms with E-state index < -0.39 is 11.6 Å². The van der Waals surface area contributed by atoms with Gasteiger partial charge >= 0.3 is 0 Å². The number of aromatic nitrogens is 2. The fourth-order valence-corrected chi connectivity index (χ4v) is 2.63. The van der Waals surface area contributed by atoms with Gasteiger partial charge in [0.2, 0.25) is 0 Å². The third kappa shape index (κ3) is 4.06. The number of nitrogens with one attached hydrogen (secondary N) is 1. The van der Waals surface area contributed by atoms with Crippen molar-refractivity contribution in [3.63, 3.8) is 0 Å². The van der Waals surface area contributed by atoms with Crippen LogP contribution in [-0.4, -0.2) is 9.55 Å². The van der Waals surface area contributed by atoms with Gasteiger partial charge in [-0.1, -0.05) is 24.3 Å². The van der Waals surface area contributed by atoms with Crippen molar-refractivity contribution in [1.82, 2.24) is 14.9 Å². The largest absolute Gasteiger partial charge is 0.331 e. The third-order valence-corrected chi connectivity index (χ3v) is 3.92. The topological polar surface area (TPSA) is 29.9 Å². The number of hydrogen-bond donors (Lipinski definition) is 1. The summed E-state index contributed by atoms with van der Waals surface area (Å²) in [7, 11) is 0. The first kappa shape index (κ1) is 16.3. The van der Waals surface area contributed by atoms with Gasteiger partial charge in [-0.3, -0.25) is 0 Å². The molecule has 0 bridgehead atoms. The Bertz CT molecular complexity index is 827. The van der Waals surface area contributed by atoms with Crippen LogP contribution >= 0.6 is 0 Å². The zero-order valence-corrected chi connectivity index (χ0v) is 13.5. The van der Waals surface area contributed by atoms with Crippen molar-refractivity contribution in [2.75, 3.05) is 0 Å². The van der Waals surface area contributed by atoms with Crippen LogP contribution in [0.1, 0.15) is 22.5 Å². The zero-order valence-electron chi connectivity index (χ0n) is 13.5. The van der Waals surface area contributed by atoms with E-state index in [1.165, 1.54) is 11.6 Å². The predicted octanol–water partition coefficient (Wildman–Crippen LogP) is 3.81. The Morgan fingerprint density at radius 2 is 1.88 bits per heavy atom. The van der Waals surface area contributed by atoms with Gasteiger partial charge in [0.1, 0.15) is 17.5 Å². The summed E-state index contributed by atoms with van der Waals surface area (Å²) in [5.74, 6) is 0.152. The van der Waals surface area contributed by atoms with E-state index >= 15 is 0 Å². The summed E-state index contributed by atoms with van der Waals surface area (Å²) < 4.78 is 28.8. The molecule has 0 atom stereocenters. The van der Waals surface area contributed by atoms with Crippen LogP contribution in [0.25, 0.3) is 0 Å². The Morgan fingerprint density at radius 3 is 2.67 bits per heavy atom. The highest BCUT2D eigenvalue weighted by molar-refractivity contribution is 5.24.